The van der Waals surface area contributed by atoms with Crippen LogP contribution in [0.5, 0.6) is 0 Å². The van der Waals surface area contributed by atoms with Crippen molar-refractivity contribution in [1.29, 1.82) is 0 Å². The van der Waals surface area contributed by atoms with E-state index in [1.54, 1.807) is 19.1 Å². The summed E-state index contributed by atoms with van der Waals surface area (Å²) in [6.45, 7) is 2.92. The number of nitrogens with one attached hydrogen (secondary N) is 1. The van der Waals surface area contributed by atoms with Crippen LogP contribution < -0.4 is 9.62 Å². The molecule has 0 spiro atoms. The minimum Gasteiger partial charge on any atom is -0.344 e. The van der Waals surface area contributed by atoms with E-state index in [1.165, 1.54) is 12.1 Å². The molecule has 0 fully saturated rings. The molecule has 0 aromatic heterocycles. The number of sulfonamides is 1. The van der Waals surface area contributed by atoms with Crippen molar-refractivity contribution >= 4 is 33.2 Å². The molecule has 4 aromatic carbocycles. The van der Waals surface area contributed by atoms with Gasteiger partial charge in [-0.25, -0.2) is 8.42 Å². The molecule has 0 aliphatic carbocycles. The van der Waals surface area contributed by atoms with E-state index in [2.05, 4.69) is 5.32 Å². The highest BCUT2D eigenvalue weighted by Gasteiger charge is 2.36. The van der Waals surface area contributed by atoms with Gasteiger partial charge in [0.05, 0.1) is 27.2 Å². The number of benzene rings is 4. The third kappa shape index (κ3) is 6.66. The van der Waals surface area contributed by atoms with Gasteiger partial charge in [0.2, 0.25) is 5.91 Å². The molecular formula is C30H26ClF3N2O3S. The number of hydrogen-bond acceptors (Lipinski definition) is 3. The van der Waals surface area contributed by atoms with Gasteiger partial charge in [-0.05, 0) is 55.3 Å². The van der Waals surface area contributed by atoms with E-state index in [0.717, 1.165) is 34.4 Å². The van der Waals surface area contributed by atoms with Crippen molar-refractivity contribution in [3.8, 4) is 0 Å². The van der Waals surface area contributed by atoms with E-state index in [9.17, 15) is 26.4 Å². The molecule has 0 heterocycles. The molecule has 208 valence electrons. The summed E-state index contributed by atoms with van der Waals surface area (Å²) in [5.41, 5.74) is 1.75. The van der Waals surface area contributed by atoms with Gasteiger partial charge in [0.1, 0.15) is 6.54 Å². The first-order valence-corrected chi connectivity index (χ1v) is 14.0. The lowest BCUT2D eigenvalue weighted by Crippen LogP contribution is -2.42. The van der Waals surface area contributed by atoms with Gasteiger partial charge in [0.25, 0.3) is 10.0 Å². The Labute approximate surface area is 236 Å². The Morgan fingerprint density at radius 3 is 1.98 bits per heavy atom. The van der Waals surface area contributed by atoms with E-state index in [4.69, 9.17) is 11.6 Å². The van der Waals surface area contributed by atoms with Gasteiger partial charge in [0, 0.05) is 0 Å². The highest BCUT2D eigenvalue weighted by atomic mass is 35.5. The van der Waals surface area contributed by atoms with Crippen molar-refractivity contribution in [3.05, 3.63) is 130 Å². The summed E-state index contributed by atoms with van der Waals surface area (Å²) in [7, 11) is -4.45. The second kappa shape index (κ2) is 11.7. The van der Waals surface area contributed by atoms with Gasteiger partial charge in [-0.15, -0.1) is 0 Å². The van der Waals surface area contributed by atoms with Gasteiger partial charge in [-0.2, -0.15) is 13.2 Å². The third-order valence-electron chi connectivity index (χ3n) is 6.29. The number of carbonyl (C=O) groups excluding carboxylic acids is 1. The molecule has 10 heteroatoms. The van der Waals surface area contributed by atoms with Crippen LogP contribution in [0.2, 0.25) is 5.02 Å². The summed E-state index contributed by atoms with van der Waals surface area (Å²) in [4.78, 5) is 13.3. The van der Waals surface area contributed by atoms with Crippen LogP contribution in [0.1, 0.15) is 33.9 Å². The minimum absolute atomic E-state index is 0.174. The van der Waals surface area contributed by atoms with Crippen molar-refractivity contribution in [2.24, 2.45) is 0 Å². The van der Waals surface area contributed by atoms with Crippen molar-refractivity contribution < 1.29 is 26.4 Å². The van der Waals surface area contributed by atoms with Crippen LogP contribution in [-0.2, 0) is 21.0 Å². The summed E-state index contributed by atoms with van der Waals surface area (Å²) >= 11 is 5.79. The molecule has 4 rings (SSSR count). The zero-order chi connectivity index (χ0) is 29.1. The monoisotopic (exact) mass is 586 g/mol. The number of hydrogen-bond donors (Lipinski definition) is 1. The smallest absolute Gasteiger partial charge is 0.344 e. The quantitative estimate of drug-likeness (QED) is 0.240. The number of halogens is 4. The normalized spacial score (nSPS) is 12.6. The number of carbonyl (C=O) groups is 1. The highest BCUT2D eigenvalue weighted by molar-refractivity contribution is 7.92. The summed E-state index contributed by atoms with van der Waals surface area (Å²) < 4.78 is 69.1. The van der Waals surface area contributed by atoms with Crippen LogP contribution in [0.15, 0.2) is 102 Å². The first-order valence-electron chi connectivity index (χ1n) is 12.2. The Morgan fingerprint density at radius 1 is 0.850 bits per heavy atom. The van der Waals surface area contributed by atoms with Crippen LogP contribution >= 0.6 is 11.6 Å². The largest absolute Gasteiger partial charge is 0.417 e. The van der Waals surface area contributed by atoms with Crippen LogP contribution in [0.4, 0.5) is 18.9 Å². The maximum atomic E-state index is 13.7. The predicted octanol–water partition coefficient (Wildman–Crippen LogP) is 7.08. The molecule has 4 aromatic rings. The fourth-order valence-electron chi connectivity index (χ4n) is 4.14. The lowest BCUT2D eigenvalue weighted by Gasteiger charge is -2.27. The fourth-order valence-corrected chi connectivity index (χ4v) is 5.78. The maximum absolute atomic E-state index is 13.7. The van der Waals surface area contributed by atoms with Crippen molar-refractivity contribution in [1.82, 2.24) is 5.32 Å². The molecule has 0 aliphatic heterocycles. The summed E-state index contributed by atoms with van der Waals surface area (Å²) in [5.74, 6) is -0.714. The second-order valence-electron chi connectivity index (χ2n) is 9.31. The maximum Gasteiger partial charge on any atom is 0.417 e. The van der Waals surface area contributed by atoms with E-state index < -0.39 is 45.3 Å². The first-order chi connectivity index (χ1) is 18.9. The van der Waals surface area contributed by atoms with Gasteiger partial charge in [-0.3, -0.25) is 9.10 Å². The van der Waals surface area contributed by atoms with Crippen LogP contribution in [-0.4, -0.2) is 20.9 Å². The van der Waals surface area contributed by atoms with Crippen LogP contribution in [0.25, 0.3) is 0 Å². The molecule has 0 saturated heterocycles. The topological polar surface area (TPSA) is 66.5 Å². The molecule has 0 aliphatic rings. The highest BCUT2D eigenvalue weighted by Crippen LogP contribution is 2.38. The second-order valence-corrected chi connectivity index (χ2v) is 11.6. The van der Waals surface area contributed by atoms with E-state index in [1.807, 2.05) is 61.5 Å². The average molecular weight is 587 g/mol. The zero-order valence-electron chi connectivity index (χ0n) is 21.6. The molecule has 0 unspecified atom stereocenters. The van der Waals surface area contributed by atoms with Gasteiger partial charge in [-0.1, -0.05) is 89.5 Å². The molecule has 0 radical (unpaired) electrons. The van der Waals surface area contributed by atoms with Gasteiger partial charge < -0.3 is 5.32 Å². The van der Waals surface area contributed by atoms with Crippen molar-refractivity contribution in [2.45, 2.75) is 31.0 Å². The summed E-state index contributed by atoms with van der Waals surface area (Å²) in [6, 6.07) is 24.5. The van der Waals surface area contributed by atoms with Gasteiger partial charge >= 0.3 is 6.18 Å². The Balaban J connectivity index is 1.75. The molecule has 1 amide bonds. The van der Waals surface area contributed by atoms with Crippen molar-refractivity contribution in [3.63, 3.8) is 0 Å². The molecule has 1 atom stereocenters. The zero-order valence-corrected chi connectivity index (χ0v) is 23.2. The number of anilines is 1. The number of nitrogens with zero attached hydrogens (tertiary/aromatic N) is 1. The third-order valence-corrected chi connectivity index (χ3v) is 8.41. The molecular weight excluding hydrogens is 561 g/mol. The SMILES string of the molecule is Cc1ccc([C@H](NC(=O)CN(c2ccc(Cl)c(C(F)(F)F)c2)S(=O)(=O)c2ccc(C)cc2)c2ccccc2)cc1. The lowest BCUT2D eigenvalue weighted by atomic mass is 9.98. The lowest BCUT2D eigenvalue weighted by molar-refractivity contribution is -0.137. The van der Waals surface area contributed by atoms with E-state index in [-0.39, 0.29) is 10.6 Å². The molecule has 0 saturated carbocycles. The minimum atomic E-state index is -4.83. The Morgan fingerprint density at radius 2 is 1.40 bits per heavy atom. The standard InChI is InChI=1S/C30H26ClF3N2O3S/c1-20-8-12-23(13-9-20)29(22-6-4-3-5-7-22)35-28(37)19-36(40(38,39)25-15-10-21(2)11-16-25)24-14-17-27(31)26(18-24)30(32,33)34/h3-18,29H,19H2,1-2H3,(H,35,37)/t29-/m1/s1. The van der Waals surface area contributed by atoms with Crippen LogP contribution in [0.3, 0.4) is 0 Å². The molecule has 40 heavy (non-hydrogen) atoms. The molecule has 0 bridgehead atoms. The Kier molecular flexibility index (Phi) is 8.56. The molecule has 5 nitrogen and oxygen atoms in total. The summed E-state index contributed by atoms with van der Waals surface area (Å²) in [5, 5.41) is 2.28. The number of amides is 1. The van der Waals surface area contributed by atoms with Gasteiger partial charge in [0.15, 0.2) is 0 Å². The summed E-state index contributed by atoms with van der Waals surface area (Å²) in [6.07, 6.45) is -4.83. The van der Waals surface area contributed by atoms with E-state index in [0.29, 0.717) is 10.4 Å². The van der Waals surface area contributed by atoms with Crippen LogP contribution in [0, 0.1) is 13.8 Å². The number of alkyl halides is 3. The molecule has 1 N–H and O–H groups in total. The Hall–Kier alpha value is -3.82. The number of aryl methyl sites for hydroxylation is 2. The average Bonchev–Trinajstić information content (AvgIpc) is 2.91. The predicted molar refractivity (Wildman–Crippen MR) is 150 cm³/mol. The van der Waals surface area contributed by atoms with E-state index >= 15 is 0 Å². The van der Waals surface area contributed by atoms with Crippen molar-refractivity contribution in [2.75, 3.05) is 10.8 Å². The Bertz CT molecular complexity index is 1590. The first kappa shape index (κ1) is 29.2. The number of rotatable bonds is 8. The fraction of sp³-hybridized carbons (Fsp3) is 0.167.